The maximum atomic E-state index is 6.33. The van der Waals surface area contributed by atoms with Crippen LogP contribution in [-0.4, -0.2) is 0 Å². The number of para-hydroxylation sites is 2. The highest BCUT2D eigenvalue weighted by atomic mass is 16.3. The summed E-state index contributed by atoms with van der Waals surface area (Å²) >= 11 is 0. The zero-order valence-corrected chi connectivity index (χ0v) is 23.2. The van der Waals surface area contributed by atoms with E-state index in [1.807, 2.05) is 24.3 Å². The highest BCUT2D eigenvalue weighted by Crippen LogP contribution is 2.42. The third-order valence-corrected chi connectivity index (χ3v) is 8.43. The molecule has 202 valence electrons. The molecular weight excluding hydrogens is 526 g/mol. The van der Waals surface area contributed by atoms with Gasteiger partial charge in [0.15, 0.2) is 0 Å². The molecular formula is C40H25NO2. The van der Waals surface area contributed by atoms with Crippen LogP contribution in [-0.2, 0) is 0 Å². The van der Waals surface area contributed by atoms with E-state index in [-0.39, 0.29) is 0 Å². The number of benzene rings is 7. The van der Waals surface area contributed by atoms with Crippen molar-refractivity contribution < 1.29 is 8.83 Å². The first-order valence-corrected chi connectivity index (χ1v) is 14.5. The van der Waals surface area contributed by atoms with E-state index in [9.17, 15) is 0 Å². The fourth-order valence-electron chi connectivity index (χ4n) is 6.43. The Kier molecular flexibility index (Phi) is 5.20. The summed E-state index contributed by atoms with van der Waals surface area (Å²) in [5.41, 5.74) is 9.06. The third-order valence-electron chi connectivity index (χ3n) is 8.43. The van der Waals surface area contributed by atoms with Crippen molar-refractivity contribution in [2.24, 2.45) is 0 Å². The molecule has 0 amide bonds. The SMILES string of the molecule is c1ccc(-c2cccc(N(c3ccc4c(c3)oc3ccccc34)c3ccc4ccc5oc6ccccc6c5c4c3)c2)cc1. The van der Waals surface area contributed by atoms with Crippen LogP contribution in [0.4, 0.5) is 17.1 Å². The van der Waals surface area contributed by atoms with Gasteiger partial charge in [-0.1, -0.05) is 91.0 Å². The summed E-state index contributed by atoms with van der Waals surface area (Å²) in [6.45, 7) is 0. The first-order chi connectivity index (χ1) is 21.3. The van der Waals surface area contributed by atoms with Crippen molar-refractivity contribution in [1.29, 1.82) is 0 Å². The van der Waals surface area contributed by atoms with Gasteiger partial charge in [0, 0.05) is 44.7 Å². The Morgan fingerprint density at radius 3 is 1.86 bits per heavy atom. The monoisotopic (exact) mass is 551 g/mol. The van der Waals surface area contributed by atoms with Crippen molar-refractivity contribution in [2.75, 3.05) is 4.90 Å². The number of anilines is 3. The summed E-state index contributed by atoms with van der Waals surface area (Å²) in [7, 11) is 0. The quantitative estimate of drug-likeness (QED) is 0.218. The van der Waals surface area contributed by atoms with E-state index in [0.29, 0.717) is 0 Å². The van der Waals surface area contributed by atoms with Crippen LogP contribution < -0.4 is 4.90 Å². The fourth-order valence-corrected chi connectivity index (χ4v) is 6.43. The zero-order valence-electron chi connectivity index (χ0n) is 23.2. The van der Waals surface area contributed by atoms with Crippen LogP contribution in [0, 0.1) is 0 Å². The fraction of sp³-hybridized carbons (Fsp3) is 0. The topological polar surface area (TPSA) is 29.5 Å². The van der Waals surface area contributed by atoms with Gasteiger partial charge in [0.2, 0.25) is 0 Å². The van der Waals surface area contributed by atoms with Gasteiger partial charge in [-0.15, -0.1) is 0 Å². The maximum absolute atomic E-state index is 6.33. The predicted octanol–water partition coefficient (Wildman–Crippen LogP) is 11.8. The molecule has 3 nitrogen and oxygen atoms in total. The number of furan rings is 2. The van der Waals surface area contributed by atoms with Gasteiger partial charge in [-0.3, -0.25) is 0 Å². The van der Waals surface area contributed by atoms with Crippen molar-refractivity contribution in [3.05, 3.63) is 152 Å². The predicted molar refractivity (Wildman–Crippen MR) is 179 cm³/mol. The van der Waals surface area contributed by atoms with Crippen LogP contribution in [0.15, 0.2) is 160 Å². The Hall–Kier alpha value is -5.80. The molecule has 0 spiro atoms. The van der Waals surface area contributed by atoms with Gasteiger partial charge in [-0.05, 0) is 76.5 Å². The summed E-state index contributed by atoms with van der Waals surface area (Å²) in [5.74, 6) is 0. The molecule has 0 N–H and O–H groups in total. The minimum Gasteiger partial charge on any atom is -0.456 e. The van der Waals surface area contributed by atoms with E-state index < -0.39 is 0 Å². The summed E-state index contributed by atoms with van der Waals surface area (Å²) in [6, 6.07) is 53.2. The first-order valence-electron chi connectivity index (χ1n) is 14.5. The van der Waals surface area contributed by atoms with Crippen LogP contribution in [0.2, 0.25) is 0 Å². The number of nitrogens with zero attached hydrogens (tertiary/aromatic N) is 1. The second-order valence-corrected chi connectivity index (χ2v) is 11.0. The standard InChI is InChI=1S/C40H25NO2/c1-2-9-26(10-3-1)28-11-8-12-29(23-28)41(31-20-21-33-32-13-4-6-15-36(32)43-39(33)25-31)30-19-17-27-18-22-38-40(35(27)24-30)34-14-5-7-16-37(34)42-38/h1-25H. The van der Waals surface area contributed by atoms with E-state index >= 15 is 0 Å². The molecule has 0 aliphatic rings. The van der Waals surface area contributed by atoms with Gasteiger partial charge in [-0.25, -0.2) is 0 Å². The van der Waals surface area contributed by atoms with Crippen LogP contribution in [0.3, 0.4) is 0 Å². The molecule has 0 radical (unpaired) electrons. The Morgan fingerprint density at radius 1 is 0.349 bits per heavy atom. The number of rotatable bonds is 4. The lowest BCUT2D eigenvalue weighted by Crippen LogP contribution is -2.10. The van der Waals surface area contributed by atoms with Gasteiger partial charge in [0.05, 0.1) is 0 Å². The molecule has 0 aliphatic heterocycles. The summed E-state index contributed by atoms with van der Waals surface area (Å²) in [5, 5.41) is 6.84. The highest BCUT2D eigenvalue weighted by Gasteiger charge is 2.18. The molecule has 0 aliphatic carbocycles. The Morgan fingerprint density at radius 2 is 0.977 bits per heavy atom. The Bertz CT molecular complexity index is 2470. The number of hydrogen-bond acceptors (Lipinski definition) is 3. The molecule has 0 bridgehead atoms. The molecule has 7 aromatic carbocycles. The van der Waals surface area contributed by atoms with Crippen LogP contribution >= 0.6 is 0 Å². The van der Waals surface area contributed by atoms with Crippen molar-refractivity contribution in [3.8, 4) is 11.1 Å². The second kappa shape index (κ2) is 9.37. The molecule has 3 heteroatoms. The zero-order chi connectivity index (χ0) is 28.3. The third kappa shape index (κ3) is 3.83. The van der Waals surface area contributed by atoms with E-state index in [1.54, 1.807) is 0 Å². The van der Waals surface area contributed by atoms with Gasteiger partial charge in [0.25, 0.3) is 0 Å². The summed E-state index contributed by atoms with van der Waals surface area (Å²) < 4.78 is 12.6. The largest absolute Gasteiger partial charge is 0.456 e. The average molecular weight is 552 g/mol. The normalized spacial score (nSPS) is 11.7. The summed E-state index contributed by atoms with van der Waals surface area (Å²) in [4.78, 5) is 2.32. The van der Waals surface area contributed by atoms with E-state index in [0.717, 1.165) is 71.9 Å². The molecule has 0 saturated heterocycles. The van der Waals surface area contributed by atoms with Crippen LogP contribution in [0.25, 0.3) is 65.8 Å². The smallest absolute Gasteiger partial charge is 0.137 e. The maximum Gasteiger partial charge on any atom is 0.137 e. The van der Waals surface area contributed by atoms with Crippen LogP contribution in [0.5, 0.6) is 0 Å². The number of fused-ring (bicyclic) bond motifs is 8. The minimum absolute atomic E-state index is 0.868. The lowest BCUT2D eigenvalue weighted by molar-refractivity contribution is 0.668. The van der Waals surface area contributed by atoms with Crippen molar-refractivity contribution in [2.45, 2.75) is 0 Å². The van der Waals surface area contributed by atoms with E-state index in [1.165, 1.54) is 10.9 Å². The Balaban J connectivity index is 1.30. The van der Waals surface area contributed by atoms with Gasteiger partial charge in [0.1, 0.15) is 22.3 Å². The van der Waals surface area contributed by atoms with Gasteiger partial charge >= 0.3 is 0 Å². The summed E-state index contributed by atoms with van der Waals surface area (Å²) in [6.07, 6.45) is 0. The number of hydrogen-bond donors (Lipinski definition) is 0. The Labute approximate surface area is 247 Å². The molecule has 2 heterocycles. The van der Waals surface area contributed by atoms with Gasteiger partial charge in [-0.2, -0.15) is 0 Å². The van der Waals surface area contributed by atoms with Crippen molar-refractivity contribution >= 4 is 71.7 Å². The molecule has 2 aromatic heterocycles. The van der Waals surface area contributed by atoms with Gasteiger partial charge < -0.3 is 13.7 Å². The highest BCUT2D eigenvalue weighted by molar-refractivity contribution is 6.19. The molecule has 9 aromatic rings. The second-order valence-electron chi connectivity index (χ2n) is 11.0. The van der Waals surface area contributed by atoms with E-state index in [2.05, 4.69) is 132 Å². The lowest BCUT2D eigenvalue weighted by atomic mass is 10.0. The molecule has 9 rings (SSSR count). The molecule has 0 unspecified atom stereocenters. The minimum atomic E-state index is 0.868. The molecule has 0 fully saturated rings. The van der Waals surface area contributed by atoms with Crippen molar-refractivity contribution in [1.82, 2.24) is 0 Å². The van der Waals surface area contributed by atoms with E-state index in [4.69, 9.17) is 8.83 Å². The molecule has 0 saturated carbocycles. The van der Waals surface area contributed by atoms with Crippen molar-refractivity contribution in [3.63, 3.8) is 0 Å². The lowest BCUT2D eigenvalue weighted by Gasteiger charge is -2.26. The molecule has 43 heavy (non-hydrogen) atoms. The first kappa shape index (κ1) is 23.9. The average Bonchev–Trinajstić information content (AvgIpc) is 3.64. The van der Waals surface area contributed by atoms with Crippen LogP contribution in [0.1, 0.15) is 0 Å². The molecule has 0 atom stereocenters.